The molecule has 1 aliphatic carbocycles. The molecule has 0 aliphatic heterocycles. The summed E-state index contributed by atoms with van der Waals surface area (Å²) in [6, 6.07) is 13.8. The van der Waals surface area contributed by atoms with Crippen LogP contribution in [0.1, 0.15) is 25.7 Å². The van der Waals surface area contributed by atoms with Gasteiger partial charge >= 0.3 is 6.18 Å². The molecule has 2 aromatic rings. The van der Waals surface area contributed by atoms with Crippen molar-refractivity contribution in [3.05, 3.63) is 42.5 Å². The summed E-state index contributed by atoms with van der Waals surface area (Å²) in [6.45, 7) is 0. The summed E-state index contributed by atoms with van der Waals surface area (Å²) in [5.74, 6) is -0.418. The number of fused-ring (bicyclic) bond motifs is 1. The van der Waals surface area contributed by atoms with Crippen LogP contribution in [0.4, 0.5) is 13.2 Å². The minimum atomic E-state index is -4.06. The van der Waals surface area contributed by atoms with Crippen LogP contribution in [0.2, 0.25) is 0 Å². The molecule has 4 heteroatoms. The number of hydrogen-bond donors (Lipinski definition) is 0. The van der Waals surface area contributed by atoms with Gasteiger partial charge in [-0.3, -0.25) is 0 Å². The quantitative estimate of drug-likeness (QED) is 0.726. The average molecular weight is 294 g/mol. The molecule has 1 aliphatic rings. The second-order valence-corrected chi connectivity index (χ2v) is 5.64. The monoisotopic (exact) mass is 294 g/mol. The van der Waals surface area contributed by atoms with E-state index in [4.69, 9.17) is 4.74 Å². The minimum absolute atomic E-state index is 0.107. The Balaban J connectivity index is 1.64. The van der Waals surface area contributed by atoms with Gasteiger partial charge < -0.3 is 4.74 Å². The van der Waals surface area contributed by atoms with Crippen LogP contribution in [0.5, 0.6) is 5.75 Å². The second-order valence-electron chi connectivity index (χ2n) is 5.64. The highest BCUT2D eigenvalue weighted by Crippen LogP contribution is 2.38. The SMILES string of the molecule is FC(F)(F)[C@H]1CC[C@@H](Oc2ccc3ccccc3c2)CC1. The molecule has 0 bridgehead atoms. The molecular weight excluding hydrogens is 277 g/mol. The summed E-state index contributed by atoms with van der Waals surface area (Å²) in [4.78, 5) is 0. The molecule has 0 N–H and O–H groups in total. The maximum Gasteiger partial charge on any atom is 0.391 e. The number of benzene rings is 2. The van der Waals surface area contributed by atoms with Gasteiger partial charge in [-0.15, -0.1) is 0 Å². The molecular formula is C17H17F3O. The molecule has 21 heavy (non-hydrogen) atoms. The van der Waals surface area contributed by atoms with Crippen LogP contribution in [0.25, 0.3) is 10.8 Å². The predicted molar refractivity (Wildman–Crippen MR) is 76.4 cm³/mol. The van der Waals surface area contributed by atoms with Crippen molar-refractivity contribution in [3.63, 3.8) is 0 Å². The van der Waals surface area contributed by atoms with Gasteiger partial charge in [0.2, 0.25) is 0 Å². The van der Waals surface area contributed by atoms with Gasteiger partial charge in [-0.25, -0.2) is 0 Å². The van der Waals surface area contributed by atoms with E-state index in [2.05, 4.69) is 0 Å². The second kappa shape index (κ2) is 5.58. The maximum atomic E-state index is 12.6. The Hall–Kier alpha value is -1.71. The van der Waals surface area contributed by atoms with Crippen molar-refractivity contribution in [3.8, 4) is 5.75 Å². The number of rotatable bonds is 2. The Kier molecular flexibility index (Phi) is 3.79. The zero-order valence-corrected chi connectivity index (χ0v) is 11.6. The third-order valence-electron chi connectivity index (χ3n) is 4.16. The van der Waals surface area contributed by atoms with Crippen molar-refractivity contribution in [2.45, 2.75) is 38.0 Å². The Labute approximate surface area is 121 Å². The van der Waals surface area contributed by atoms with Gasteiger partial charge in [0.1, 0.15) is 5.75 Å². The van der Waals surface area contributed by atoms with Crippen molar-refractivity contribution in [1.82, 2.24) is 0 Å². The molecule has 0 unspecified atom stereocenters. The molecule has 1 nitrogen and oxygen atoms in total. The summed E-state index contributed by atoms with van der Waals surface area (Å²) in [6.07, 6.45) is -2.89. The highest BCUT2D eigenvalue weighted by Gasteiger charge is 2.41. The number of alkyl halides is 3. The van der Waals surface area contributed by atoms with Crippen LogP contribution in [-0.2, 0) is 0 Å². The smallest absolute Gasteiger partial charge is 0.391 e. The van der Waals surface area contributed by atoms with E-state index >= 15 is 0 Å². The lowest BCUT2D eigenvalue weighted by molar-refractivity contribution is -0.185. The highest BCUT2D eigenvalue weighted by molar-refractivity contribution is 5.83. The van der Waals surface area contributed by atoms with Gasteiger partial charge in [0, 0.05) is 0 Å². The average Bonchev–Trinajstić information content (AvgIpc) is 2.47. The molecule has 3 rings (SSSR count). The first-order valence-electron chi connectivity index (χ1n) is 7.24. The van der Waals surface area contributed by atoms with Crippen LogP contribution in [0.15, 0.2) is 42.5 Å². The van der Waals surface area contributed by atoms with Gasteiger partial charge in [-0.2, -0.15) is 13.2 Å². The van der Waals surface area contributed by atoms with Gasteiger partial charge in [0.25, 0.3) is 0 Å². The third kappa shape index (κ3) is 3.31. The molecule has 1 saturated carbocycles. The normalized spacial score (nSPS) is 23.2. The van der Waals surface area contributed by atoms with Crippen molar-refractivity contribution < 1.29 is 17.9 Å². The molecule has 0 heterocycles. The molecule has 0 amide bonds. The Morgan fingerprint density at radius 1 is 0.857 bits per heavy atom. The van der Waals surface area contributed by atoms with Gasteiger partial charge in [0.15, 0.2) is 0 Å². The van der Waals surface area contributed by atoms with Crippen LogP contribution >= 0.6 is 0 Å². The van der Waals surface area contributed by atoms with E-state index in [-0.39, 0.29) is 18.9 Å². The number of halogens is 3. The van der Waals surface area contributed by atoms with Crippen LogP contribution in [0.3, 0.4) is 0 Å². The summed E-state index contributed by atoms with van der Waals surface area (Å²) in [5.41, 5.74) is 0. The summed E-state index contributed by atoms with van der Waals surface area (Å²) in [5, 5.41) is 2.21. The Bertz CT molecular complexity index is 613. The van der Waals surface area contributed by atoms with E-state index in [1.165, 1.54) is 0 Å². The lowest BCUT2D eigenvalue weighted by atomic mass is 9.87. The first-order chi connectivity index (χ1) is 10.0. The third-order valence-corrected chi connectivity index (χ3v) is 4.16. The highest BCUT2D eigenvalue weighted by atomic mass is 19.4. The molecule has 0 atom stereocenters. The Morgan fingerprint density at radius 2 is 1.52 bits per heavy atom. The number of ether oxygens (including phenoxy) is 1. The molecule has 2 aromatic carbocycles. The van der Waals surface area contributed by atoms with Crippen LogP contribution in [-0.4, -0.2) is 12.3 Å². The van der Waals surface area contributed by atoms with Gasteiger partial charge in [-0.05, 0) is 48.6 Å². The zero-order valence-electron chi connectivity index (χ0n) is 11.6. The van der Waals surface area contributed by atoms with E-state index in [9.17, 15) is 13.2 Å². The summed E-state index contributed by atoms with van der Waals surface area (Å²) >= 11 is 0. The molecule has 1 fully saturated rings. The van der Waals surface area contributed by atoms with E-state index in [1.807, 2.05) is 42.5 Å². The molecule has 0 saturated heterocycles. The fourth-order valence-electron chi connectivity index (χ4n) is 2.94. The van der Waals surface area contributed by atoms with Crippen LogP contribution in [0, 0.1) is 5.92 Å². The van der Waals surface area contributed by atoms with E-state index in [0.29, 0.717) is 12.8 Å². The van der Waals surface area contributed by atoms with Crippen molar-refractivity contribution in [2.75, 3.05) is 0 Å². The molecule has 0 aromatic heterocycles. The Morgan fingerprint density at radius 3 is 2.19 bits per heavy atom. The van der Waals surface area contributed by atoms with Gasteiger partial charge in [0.05, 0.1) is 12.0 Å². The van der Waals surface area contributed by atoms with Crippen LogP contribution < -0.4 is 4.74 Å². The maximum absolute atomic E-state index is 12.6. The first kappa shape index (κ1) is 14.2. The van der Waals surface area contributed by atoms with Crippen molar-refractivity contribution in [1.29, 1.82) is 0 Å². The zero-order chi connectivity index (χ0) is 14.9. The topological polar surface area (TPSA) is 9.23 Å². The van der Waals surface area contributed by atoms with E-state index < -0.39 is 12.1 Å². The van der Waals surface area contributed by atoms with Crippen molar-refractivity contribution >= 4 is 10.8 Å². The minimum Gasteiger partial charge on any atom is -0.490 e. The van der Waals surface area contributed by atoms with Gasteiger partial charge in [-0.1, -0.05) is 30.3 Å². The molecule has 112 valence electrons. The first-order valence-corrected chi connectivity index (χ1v) is 7.24. The number of hydrogen-bond acceptors (Lipinski definition) is 1. The summed E-state index contributed by atoms with van der Waals surface area (Å²) < 4.78 is 43.7. The van der Waals surface area contributed by atoms with E-state index in [1.54, 1.807) is 0 Å². The largest absolute Gasteiger partial charge is 0.490 e. The molecule has 0 radical (unpaired) electrons. The van der Waals surface area contributed by atoms with Crippen molar-refractivity contribution in [2.24, 2.45) is 5.92 Å². The standard InChI is InChI=1S/C17H17F3O/c18-17(19,20)14-6-9-15(10-7-14)21-16-8-5-12-3-1-2-4-13(12)11-16/h1-5,8,11,14-15H,6-7,9-10H2/t14-,15+. The lowest BCUT2D eigenvalue weighted by Gasteiger charge is -2.30. The fourth-order valence-corrected chi connectivity index (χ4v) is 2.94. The molecule has 0 spiro atoms. The summed E-state index contributed by atoms with van der Waals surface area (Å²) in [7, 11) is 0. The predicted octanol–water partition coefficient (Wildman–Crippen LogP) is 5.34. The fraction of sp³-hybridized carbons (Fsp3) is 0.412. The van der Waals surface area contributed by atoms with E-state index in [0.717, 1.165) is 16.5 Å². The lowest BCUT2D eigenvalue weighted by Crippen LogP contribution is -2.31.